The van der Waals surface area contributed by atoms with Crippen molar-refractivity contribution >= 4 is 41.3 Å². The fraction of sp³-hybridized carbons (Fsp3) is 0.389. The molecule has 0 aliphatic heterocycles. The van der Waals surface area contributed by atoms with Gasteiger partial charge in [-0.3, -0.25) is 0 Å². The van der Waals surface area contributed by atoms with Gasteiger partial charge in [0.15, 0.2) is 5.96 Å². The van der Waals surface area contributed by atoms with Gasteiger partial charge in [-0.05, 0) is 53.9 Å². The highest BCUT2D eigenvalue weighted by Gasteiger charge is 2.30. The van der Waals surface area contributed by atoms with Crippen molar-refractivity contribution in [1.29, 1.82) is 0 Å². The van der Waals surface area contributed by atoms with Gasteiger partial charge in [0.25, 0.3) is 0 Å². The van der Waals surface area contributed by atoms with Gasteiger partial charge in [0, 0.05) is 6.54 Å². The second-order valence-corrected chi connectivity index (χ2v) is 6.81. The van der Waals surface area contributed by atoms with Crippen LogP contribution in [0.15, 0.2) is 46.1 Å². The molecule has 1 aromatic heterocycles. The third kappa shape index (κ3) is 7.30. The van der Waals surface area contributed by atoms with Crippen molar-refractivity contribution in [3.8, 4) is 0 Å². The maximum Gasteiger partial charge on any atom is 0.416 e. The fourth-order valence-electron chi connectivity index (χ4n) is 2.29. The molecule has 2 rings (SSSR count). The van der Waals surface area contributed by atoms with Crippen molar-refractivity contribution < 1.29 is 18.3 Å². The van der Waals surface area contributed by atoms with Crippen molar-refractivity contribution in [2.75, 3.05) is 13.1 Å². The summed E-state index contributed by atoms with van der Waals surface area (Å²) in [5.41, 5.74) is -0.513. The van der Waals surface area contributed by atoms with E-state index in [-0.39, 0.29) is 37.1 Å². The SMILES string of the molecule is CCNC(=NCc1cccc(C(F)(F)F)c1)NCC(C)(O)c1ccsc1.I. The number of aliphatic imine (C=N–C) groups is 1. The molecule has 4 nitrogen and oxygen atoms in total. The maximum atomic E-state index is 12.8. The van der Waals surface area contributed by atoms with E-state index in [1.54, 1.807) is 13.0 Å². The molecule has 0 bridgehead atoms. The normalized spacial score (nSPS) is 14.2. The van der Waals surface area contributed by atoms with Crippen LogP contribution in [0.2, 0.25) is 0 Å². The van der Waals surface area contributed by atoms with Crippen LogP contribution < -0.4 is 10.6 Å². The van der Waals surface area contributed by atoms with Gasteiger partial charge in [-0.25, -0.2) is 4.99 Å². The van der Waals surface area contributed by atoms with Crippen LogP contribution in [0.4, 0.5) is 13.2 Å². The average Bonchev–Trinajstić information content (AvgIpc) is 3.12. The van der Waals surface area contributed by atoms with Gasteiger partial charge in [0.2, 0.25) is 0 Å². The van der Waals surface area contributed by atoms with Gasteiger partial charge in [0.05, 0.1) is 18.7 Å². The van der Waals surface area contributed by atoms with E-state index < -0.39 is 17.3 Å². The summed E-state index contributed by atoms with van der Waals surface area (Å²) in [6.07, 6.45) is -4.37. The lowest BCUT2D eigenvalue weighted by Gasteiger charge is -2.24. The molecule has 27 heavy (non-hydrogen) atoms. The third-order valence-electron chi connectivity index (χ3n) is 3.76. The van der Waals surface area contributed by atoms with Crippen LogP contribution in [0.1, 0.15) is 30.5 Å². The molecule has 0 saturated heterocycles. The van der Waals surface area contributed by atoms with Crippen molar-refractivity contribution in [3.05, 3.63) is 57.8 Å². The molecule has 3 N–H and O–H groups in total. The molecular weight excluding hydrogens is 490 g/mol. The molecule has 0 radical (unpaired) electrons. The van der Waals surface area contributed by atoms with Crippen LogP contribution in [0.25, 0.3) is 0 Å². The van der Waals surface area contributed by atoms with Crippen molar-refractivity contribution in [2.45, 2.75) is 32.2 Å². The Morgan fingerprint density at radius 2 is 1.93 bits per heavy atom. The van der Waals surface area contributed by atoms with E-state index in [2.05, 4.69) is 15.6 Å². The number of alkyl halides is 3. The molecule has 0 amide bonds. The Bertz CT molecular complexity index is 734. The number of nitrogens with one attached hydrogen (secondary N) is 2. The lowest BCUT2D eigenvalue weighted by atomic mass is 9.99. The predicted octanol–water partition coefficient (Wildman–Crippen LogP) is 4.35. The number of benzene rings is 1. The number of thiophene rings is 1. The summed E-state index contributed by atoms with van der Waals surface area (Å²) in [6.45, 7) is 4.49. The van der Waals surface area contributed by atoms with Gasteiger partial charge in [-0.1, -0.05) is 12.1 Å². The second kappa shape index (κ2) is 10.3. The summed E-state index contributed by atoms with van der Waals surface area (Å²) in [6, 6.07) is 6.95. The minimum atomic E-state index is -4.37. The van der Waals surface area contributed by atoms with Crippen LogP contribution in [0.5, 0.6) is 0 Å². The van der Waals surface area contributed by atoms with Crippen molar-refractivity contribution in [2.24, 2.45) is 4.99 Å². The van der Waals surface area contributed by atoms with Crippen LogP contribution in [-0.2, 0) is 18.3 Å². The molecule has 1 atom stereocenters. The number of nitrogens with zero attached hydrogens (tertiary/aromatic N) is 1. The molecule has 9 heteroatoms. The molecule has 0 spiro atoms. The van der Waals surface area contributed by atoms with Crippen LogP contribution in [0.3, 0.4) is 0 Å². The first-order valence-corrected chi connectivity index (χ1v) is 9.10. The summed E-state index contributed by atoms with van der Waals surface area (Å²) in [4.78, 5) is 4.31. The summed E-state index contributed by atoms with van der Waals surface area (Å²) < 4.78 is 38.4. The highest BCUT2D eigenvalue weighted by molar-refractivity contribution is 14.0. The molecule has 1 aromatic carbocycles. The van der Waals surface area contributed by atoms with Gasteiger partial charge < -0.3 is 15.7 Å². The quantitative estimate of drug-likeness (QED) is 0.306. The Morgan fingerprint density at radius 1 is 1.19 bits per heavy atom. The van der Waals surface area contributed by atoms with Gasteiger partial charge in [0.1, 0.15) is 5.60 Å². The minimum absolute atomic E-state index is 0. The van der Waals surface area contributed by atoms with Crippen molar-refractivity contribution in [3.63, 3.8) is 0 Å². The molecule has 0 aliphatic rings. The molecular formula is C18H23F3IN3OS. The number of rotatable bonds is 6. The highest BCUT2D eigenvalue weighted by Crippen LogP contribution is 2.29. The summed E-state index contributed by atoms with van der Waals surface area (Å²) in [7, 11) is 0. The number of halogens is 4. The molecule has 0 aliphatic carbocycles. The van der Waals surface area contributed by atoms with Gasteiger partial charge in [-0.15, -0.1) is 24.0 Å². The van der Waals surface area contributed by atoms with Gasteiger partial charge >= 0.3 is 6.18 Å². The Hall–Kier alpha value is -1.33. The minimum Gasteiger partial charge on any atom is -0.384 e. The molecule has 1 heterocycles. The lowest BCUT2D eigenvalue weighted by Crippen LogP contribution is -2.44. The van der Waals surface area contributed by atoms with E-state index in [1.165, 1.54) is 17.4 Å². The monoisotopic (exact) mass is 513 g/mol. The molecule has 0 saturated carbocycles. The first-order valence-electron chi connectivity index (χ1n) is 8.16. The zero-order valence-corrected chi connectivity index (χ0v) is 18.2. The molecule has 2 aromatic rings. The summed E-state index contributed by atoms with van der Waals surface area (Å²) in [5.74, 6) is 0.431. The number of hydrogen-bond donors (Lipinski definition) is 3. The zero-order chi connectivity index (χ0) is 19.2. The van der Waals surface area contributed by atoms with E-state index in [4.69, 9.17) is 0 Å². The maximum absolute atomic E-state index is 12.8. The smallest absolute Gasteiger partial charge is 0.384 e. The van der Waals surface area contributed by atoms with E-state index in [0.29, 0.717) is 18.1 Å². The largest absolute Gasteiger partial charge is 0.416 e. The Morgan fingerprint density at radius 3 is 2.52 bits per heavy atom. The predicted molar refractivity (Wildman–Crippen MR) is 114 cm³/mol. The lowest BCUT2D eigenvalue weighted by molar-refractivity contribution is -0.137. The topological polar surface area (TPSA) is 56.7 Å². The number of aliphatic hydroxyl groups is 1. The first kappa shape index (κ1) is 23.7. The number of hydrogen-bond acceptors (Lipinski definition) is 3. The number of guanidine groups is 1. The van der Waals surface area contributed by atoms with E-state index in [0.717, 1.165) is 17.7 Å². The van der Waals surface area contributed by atoms with Crippen molar-refractivity contribution in [1.82, 2.24) is 10.6 Å². The highest BCUT2D eigenvalue weighted by atomic mass is 127. The second-order valence-electron chi connectivity index (χ2n) is 6.03. The van der Waals surface area contributed by atoms with Gasteiger partial charge in [-0.2, -0.15) is 24.5 Å². The molecule has 0 fully saturated rings. The van der Waals surface area contributed by atoms with Crippen LogP contribution in [0, 0.1) is 0 Å². The fourth-order valence-corrected chi connectivity index (χ4v) is 3.07. The standard InChI is InChI=1S/C18H22F3N3OS.HI/c1-3-22-16(24-12-17(2,25)15-7-8-26-11-15)23-10-13-5-4-6-14(9-13)18(19,20)21;/h4-9,11,25H,3,10,12H2,1-2H3,(H2,22,23,24);1H. The first-order chi connectivity index (χ1) is 12.2. The molecule has 150 valence electrons. The molecule has 1 unspecified atom stereocenters. The third-order valence-corrected chi connectivity index (χ3v) is 4.44. The summed E-state index contributed by atoms with van der Waals surface area (Å²) in [5, 5.41) is 20.4. The Kier molecular flexibility index (Phi) is 9.03. The zero-order valence-electron chi connectivity index (χ0n) is 15.0. The average molecular weight is 513 g/mol. The van der Waals surface area contributed by atoms with Crippen LogP contribution in [-0.4, -0.2) is 24.2 Å². The van der Waals surface area contributed by atoms with E-state index in [1.807, 2.05) is 23.8 Å². The summed E-state index contributed by atoms with van der Waals surface area (Å²) >= 11 is 1.50. The van der Waals surface area contributed by atoms with Crippen LogP contribution >= 0.6 is 35.3 Å². The van der Waals surface area contributed by atoms with E-state index >= 15 is 0 Å². The Balaban J connectivity index is 0.00000364. The van der Waals surface area contributed by atoms with E-state index in [9.17, 15) is 18.3 Å². The Labute approximate surface area is 177 Å².